The zero-order valence-electron chi connectivity index (χ0n) is 21.2. The summed E-state index contributed by atoms with van der Waals surface area (Å²) in [6.45, 7) is 8.95. The second-order valence-electron chi connectivity index (χ2n) is 9.96. The maximum Gasteiger partial charge on any atom is 0.219 e. The van der Waals surface area contributed by atoms with Crippen molar-refractivity contribution in [3.8, 4) is 11.5 Å². The Morgan fingerprint density at radius 3 is 2.39 bits per heavy atom. The van der Waals surface area contributed by atoms with Crippen molar-refractivity contribution >= 4 is 5.91 Å². The van der Waals surface area contributed by atoms with Crippen LogP contribution in [0.1, 0.15) is 44.7 Å². The molecule has 5 heteroatoms. The highest BCUT2D eigenvalue weighted by Gasteiger charge is 2.44. The predicted molar refractivity (Wildman–Crippen MR) is 133 cm³/mol. The molecule has 2 aromatic rings. The molecule has 180 valence electrons. The van der Waals surface area contributed by atoms with E-state index in [4.69, 9.17) is 9.47 Å². The van der Waals surface area contributed by atoms with E-state index in [2.05, 4.69) is 51.2 Å². The first-order valence-electron chi connectivity index (χ1n) is 12.1. The van der Waals surface area contributed by atoms with E-state index in [1.807, 2.05) is 23.1 Å². The molecule has 1 fully saturated rings. The number of hydrogen-bond acceptors (Lipinski definition) is 3. The minimum atomic E-state index is 0.110. The van der Waals surface area contributed by atoms with Gasteiger partial charge in [0.25, 0.3) is 0 Å². The maximum atomic E-state index is 12.6. The number of likely N-dealkylation sites (tertiary alicyclic amines) is 1. The number of hydrogen-bond donors (Lipinski definition) is 1. The van der Waals surface area contributed by atoms with E-state index in [0.29, 0.717) is 30.0 Å². The second kappa shape index (κ2) is 11.1. The summed E-state index contributed by atoms with van der Waals surface area (Å²) in [5, 5.41) is 0. The lowest BCUT2D eigenvalue weighted by Crippen LogP contribution is -3.15. The molecule has 1 N–H and O–H groups in total. The van der Waals surface area contributed by atoms with Gasteiger partial charge in [-0.2, -0.15) is 0 Å². The van der Waals surface area contributed by atoms with Crippen LogP contribution in [0.3, 0.4) is 0 Å². The lowest BCUT2D eigenvalue weighted by molar-refractivity contribution is -0.916. The molecular formula is C28H41N2O3+. The van der Waals surface area contributed by atoms with E-state index in [-0.39, 0.29) is 11.3 Å². The van der Waals surface area contributed by atoms with Crippen LogP contribution in [0, 0.1) is 11.3 Å². The number of quaternary nitrogens is 1. The second-order valence-corrected chi connectivity index (χ2v) is 9.96. The van der Waals surface area contributed by atoms with Crippen LogP contribution in [0.25, 0.3) is 0 Å². The molecule has 5 nitrogen and oxygen atoms in total. The molecule has 3 rings (SSSR count). The van der Waals surface area contributed by atoms with Crippen LogP contribution in [0.5, 0.6) is 11.5 Å². The van der Waals surface area contributed by atoms with Crippen molar-refractivity contribution in [1.82, 2.24) is 4.90 Å². The topological polar surface area (TPSA) is 43.2 Å². The number of benzene rings is 2. The molecule has 1 aliphatic rings. The number of nitrogens with one attached hydrogen (secondary N) is 1. The minimum Gasteiger partial charge on any atom is -0.493 e. The fourth-order valence-electron chi connectivity index (χ4n) is 5.48. The SMILES string of the molecule is COc1ccc(CN(CC[C@]2(Cc3ccccc3)C[C@H](C)[NH+](C)C[C@H]2C)C(C)=O)cc1OC. The summed E-state index contributed by atoms with van der Waals surface area (Å²) < 4.78 is 10.8. The van der Waals surface area contributed by atoms with Gasteiger partial charge in [0.05, 0.1) is 33.9 Å². The smallest absolute Gasteiger partial charge is 0.219 e. The third kappa shape index (κ3) is 6.08. The monoisotopic (exact) mass is 453 g/mol. The highest BCUT2D eigenvalue weighted by Crippen LogP contribution is 2.41. The Morgan fingerprint density at radius 2 is 1.76 bits per heavy atom. The van der Waals surface area contributed by atoms with Crippen LogP contribution in [0.15, 0.2) is 48.5 Å². The average molecular weight is 454 g/mol. The van der Waals surface area contributed by atoms with Gasteiger partial charge in [-0.05, 0) is 48.4 Å². The number of carbonyl (C=O) groups excluding carboxylic acids is 1. The Balaban J connectivity index is 1.80. The van der Waals surface area contributed by atoms with Gasteiger partial charge in [0.1, 0.15) is 0 Å². The summed E-state index contributed by atoms with van der Waals surface area (Å²) in [5.74, 6) is 2.09. The molecule has 4 atom stereocenters. The lowest BCUT2D eigenvalue weighted by atomic mass is 9.63. The van der Waals surface area contributed by atoms with Crippen LogP contribution in [0.2, 0.25) is 0 Å². The van der Waals surface area contributed by atoms with E-state index in [0.717, 1.165) is 24.9 Å². The number of methoxy groups -OCH3 is 2. The lowest BCUT2D eigenvalue weighted by Gasteiger charge is -2.48. The highest BCUT2D eigenvalue weighted by molar-refractivity contribution is 5.73. The van der Waals surface area contributed by atoms with E-state index in [1.54, 1.807) is 26.0 Å². The number of nitrogens with zero attached hydrogens (tertiary/aromatic N) is 1. The van der Waals surface area contributed by atoms with Crippen LogP contribution < -0.4 is 14.4 Å². The van der Waals surface area contributed by atoms with Crippen LogP contribution >= 0.6 is 0 Å². The number of rotatable bonds is 9. The molecular weight excluding hydrogens is 412 g/mol. The first-order chi connectivity index (χ1) is 15.8. The summed E-state index contributed by atoms with van der Waals surface area (Å²) in [6, 6.07) is 17.4. The van der Waals surface area contributed by atoms with Gasteiger partial charge in [-0.3, -0.25) is 4.79 Å². The molecule has 1 heterocycles. The van der Waals surface area contributed by atoms with Gasteiger partial charge in [-0.1, -0.05) is 43.3 Å². The van der Waals surface area contributed by atoms with E-state index >= 15 is 0 Å². The summed E-state index contributed by atoms with van der Waals surface area (Å²) in [4.78, 5) is 16.2. The van der Waals surface area contributed by atoms with Crippen molar-refractivity contribution in [2.75, 3.05) is 34.4 Å². The van der Waals surface area contributed by atoms with Crippen molar-refractivity contribution in [2.45, 2.75) is 52.6 Å². The van der Waals surface area contributed by atoms with Gasteiger partial charge in [-0.15, -0.1) is 0 Å². The van der Waals surface area contributed by atoms with Crippen molar-refractivity contribution in [3.63, 3.8) is 0 Å². The average Bonchev–Trinajstić information content (AvgIpc) is 2.80. The summed E-state index contributed by atoms with van der Waals surface area (Å²) in [7, 11) is 5.59. The Bertz CT molecular complexity index is 917. The first-order valence-corrected chi connectivity index (χ1v) is 12.1. The van der Waals surface area contributed by atoms with Gasteiger partial charge >= 0.3 is 0 Å². The third-order valence-corrected chi connectivity index (χ3v) is 7.77. The van der Waals surface area contributed by atoms with E-state index < -0.39 is 0 Å². The van der Waals surface area contributed by atoms with Gasteiger partial charge in [0.15, 0.2) is 11.5 Å². The molecule has 0 bridgehead atoms. The molecule has 1 unspecified atom stereocenters. The number of amides is 1. The summed E-state index contributed by atoms with van der Waals surface area (Å²) in [6.07, 6.45) is 3.25. The molecule has 1 amide bonds. The van der Waals surface area contributed by atoms with Crippen molar-refractivity contribution < 1.29 is 19.2 Å². The molecule has 1 aliphatic heterocycles. The highest BCUT2D eigenvalue weighted by atomic mass is 16.5. The Labute approximate surface area is 199 Å². The Hall–Kier alpha value is -2.53. The van der Waals surface area contributed by atoms with Gasteiger partial charge in [0, 0.05) is 32.4 Å². The summed E-state index contributed by atoms with van der Waals surface area (Å²) >= 11 is 0. The third-order valence-electron chi connectivity index (χ3n) is 7.77. The fourth-order valence-corrected chi connectivity index (χ4v) is 5.48. The summed E-state index contributed by atoms with van der Waals surface area (Å²) in [5.41, 5.74) is 2.63. The predicted octanol–water partition coefficient (Wildman–Crippen LogP) is 3.61. The van der Waals surface area contributed by atoms with Crippen LogP contribution in [-0.2, 0) is 17.8 Å². The molecule has 2 aromatic carbocycles. The standard InChI is InChI=1S/C28H40N2O3/c1-21-19-29(4)22(2)17-28(21,18-24-10-8-7-9-11-24)14-15-30(23(3)31)20-25-12-13-26(32-5)27(16-25)33-6/h7-13,16,21-22H,14-15,17-20H2,1-6H3/p+1/t21-,22+,28-/m1/s1. The maximum absolute atomic E-state index is 12.6. The molecule has 0 saturated carbocycles. The molecule has 33 heavy (non-hydrogen) atoms. The molecule has 0 aliphatic carbocycles. The number of carbonyl (C=O) groups is 1. The largest absolute Gasteiger partial charge is 0.493 e. The Kier molecular flexibility index (Phi) is 8.41. The normalized spacial score (nSPS) is 24.8. The fraction of sp³-hybridized carbons (Fsp3) is 0.536. The zero-order valence-corrected chi connectivity index (χ0v) is 21.2. The van der Waals surface area contributed by atoms with Crippen molar-refractivity contribution in [2.24, 2.45) is 11.3 Å². The Morgan fingerprint density at radius 1 is 1.06 bits per heavy atom. The van der Waals surface area contributed by atoms with Gasteiger partial charge < -0.3 is 19.3 Å². The van der Waals surface area contributed by atoms with Crippen LogP contribution in [-0.4, -0.2) is 51.2 Å². The number of ether oxygens (including phenoxy) is 2. The van der Waals surface area contributed by atoms with Gasteiger partial charge in [0.2, 0.25) is 5.91 Å². The first kappa shape index (κ1) is 25.1. The van der Waals surface area contributed by atoms with E-state index in [1.165, 1.54) is 18.5 Å². The van der Waals surface area contributed by atoms with Gasteiger partial charge in [-0.25, -0.2) is 0 Å². The quantitative estimate of drug-likeness (QED) is 0.631. The zero-order chi connectivity index (χ0) is 24.0. The minimum absolute atomic E-state index is 0.110. The van der Waals surface area contributed by atoms with Crippen LogP contribution in [0.4, 0.5) is 0 Å². The molecule has 0 radical (unpaired) electrons. The van der Waals surface area contributed by atoms with E-state index in [9.17, 15) is 4.79 Å². The number of piperidine rings is 1. The molecule has 0 spiro atoms. The van der Waals surface area contributed by atoms with Crippen molar-refractivity contribution in [1.29, 1.82) is 0 Å². The van der Waals surface area contributed by atoms with Crippen molar-refractivity contribution in [3.05, 3.63) is 59.7 Å². The molecule has 1 saturated heterocycles. The molecule has 0 aromatic heterocycles.